The number of anilines is 2. The Balaban J connectivity index is 1.46. The Hall–Kier alpha value is -3.19. The van der Waals surface area contributed by atoms with E-state index in [9.17, 15) is 4.79 Å². The van der Waals surface area contributed by atoms with E-state index in [0.29, 0.717) is 0 Å². The van der Waals surface area contributed by atoms with Crippen molar-refractivity contribution < 1.29 is 4.79 Å². The van der Waals surface area contributed by atoms with E-state index in [1.54, 1.807) is 4.52 Å². The summed E-state index contributed by atoms with van der Waals surface area (Å²) < 4.78 is 1.77. The summed E-state index contributed by atoms with van der Waals surface area (Å²) in [4.78, 5) is 19.7. The average molecular weight is 392 g/mol. The second kappa shape index (κ2) is 7.44. The highest BCUT2D eigenvalue weighted by atomic mass is 32.1. The lowest BCUT2D eigenvalue weighted by atomic mass is 10.1. The van der Waals surface area contributed by atoms with E-state index >= 15 is 0 Å². The fraction of sp³-hybridized carbons (Fsp3) is 0.190. The van der Waals surface area contributed by atoms with Crippen LogP contribution in [0.25, 0.3) is 16.2 Å². The summed E-state index contributed by atoms with van der Waals surface area (Å²) in [6, 6.07) is 15.9. The number of rotatable bonds is 5. The zero-order valence-corrected chi connectivity index (χ0v) is 16.8. The molecule has 7 heteroatoms. The van der Waals surface area contributed by atoms with Crippen molar-refractivity contribution in [1.29, 1.82) is 0 Å². The first kappa shape index (κ1) is 18.2. The summed E-state index contributed by atoms with van der Waals surface area (Å²) in [5.74, 6) is -0.0750. The molecule has 6 nitrogen and oxygen atoms in total. The number of hydrogen-bond donors (Lipinski definition) is 1. The standard InChI is InChI=1S/C21H21N5OS/c1-14-8-7-11-17(15(14)2)22-19(27)13-25(3)21-24-26-12-18(23-20(26)28-21)16-9-5-4-6-10-16/h4-12H,13H2,1-3H3,(H,22,27). The Morgan fingerprint density at radius 2 is 1.93 bits per heavy atom. The molecule has 0 saturated heterocycles. The van der Waals surface area contributed by atoms with Crippen LogP contribution in [0, 0.1) is 13.8 Å². The average Bonchev–Trinajstić information content (AvgIpc) is 3.25. The molecule has 0 aliphatic heterocycles. The highest BCUT2D eigenvalue weighted by molar-refractivity contribution is 7.20. The van der Waals surface area contributed by atoms with Gasteiger partial charge in [0.25, 0.3) is 0 Å². The smallest absolute Gasteiger partial charge is 0.243 e. The lowest BCUT2D eigenvalue weighted by molar-refractivity contribution is -0.114. The number of fused-ring (bicyclic) bond motifs is 1. The van der Waals surface area contributed by atoms with E-state index in [-0.39, 0.29) is 12.5 Å². The molecule has 0 saturated carbocycles. The summed E-state index contributed by atoms with van der Waals surface area (Å²) >= 11 is 1.46. The van der Waals surface area contributed by atoms with Gasteiger partial charge < -0.3 is 10.2 Å². The number of carbonyl (C=O) groups is 1. The maximum Gasteiger partial charge on any atom is 0.243 e. The molecule has 142 valence electrons. The first-order valence-corrected chi connectivity index (χ1v) is 9.82. The van der Waals surface area contributed by atoms with Gasteiger partial charge in [0.15, 0.2) is 0 Å². The van der Waals surface area contributed by atoms with Crippen molar-refractivity contribution in [3.63, 3.8) is 0 Å². The van der Waals surface area contributed by atoms with Gasteiger partial charge in [0.05, 0.1) is 18.4 Å². The molecule has 4 rings (SSSR count). The number of nitrogens with zero attached hydrogens (tertiary/aromatic N) is 4. The number of amides is 1. The van der Waals surface area contributed by atoms with Crippen LogP contribution in [0.4, 0.5) is 10.8 Å². The minimum Gasteiger partial charge on any atom is -0.340 e. The van der Waals surface area contributed by atoms with Crippen molar-refractivity contribution in [3.8, 4) is 11.3 Å². The van der Waals surface area contributed by atoms with E-state index < -0.39 is 0 Å². The number of likely N-dealkylation sites (N-methyl/N-ethyl adjacent to an activating group) is 1. The molecule has 0 fully saturated rings. The minimum atomic E-state index is -0.0750. The summed E-state index contributed by atoms with van der Waals surface area (Å²) in [6.07, 6.45) is 1.91. The minimum absolute atomic E-state index is 0.0750. The summed E-state index contributed by atoms with van der Waals surface area (Å²) in [5.41, 5.74) is 5.03. The van der Waals surface area contributed by atoms with Gasteiger partial charge in [-0.15, -0.1) is 5.10 Å². The van der Waals surface area contributed by atoms with Crippen molar-refractivity contribution in [3.05, 3.63) is 65.9 Å². The van der Waals surface area contributed by atoms with Crippen LogP contribution in [-0.2, 0) is 4.79 Å². The molecular weight excluding hydrogens is 370 g/mol. The lowest BCUT2D eigenvalue weighted by Gasteiger charge is -2.16. The molecule has 0 radical (unpaired) electrons. The largest absolute Gasteiger partial charge is 0.340 e. The first-order chi connectivity index (χ1) is 13.5. The van der Waals surface area contributed by atoms with Crippen LogP contribution in [0.2, 0.25) is 0 Å². The van der Waals surface area contributed by atoms with Crippen molar-refractivity contribution in [2.45, 2.75) is 13.8 Å². The van der Waals surface area contributed by atoms with Crippen LogP contribution >= 0.6 is 11.3 Å². The number of nitrogens with one attached hydrogen (secondary N) is 1. The zero-order chi connectivity index (χ0) is 19.7. The maximum absolute atomic E-state index is 12.5. The second-order valence-corrected chi connectivity index (χ2v) is 7.69. The monoisotopic (exact) mass is 391 g/mol. The van der Waals surface area contributed by atoms with Gasteiger partial charge in [-0.05, 0) is 31.0 Å². The number of benzene rings is 2. The van der Waals surface area contributed by atoms with Crippen LogP contribution in [-0.4, -0.2) is 34.1 Å². The Morgan fingerprint density at radius 1 is 1.14 bits per heavy atom. The van der Waals surface area contributed by atoms with Crippen LogP contribution in [0.1, 0.15) is 11.1 Å². The van der Waals surface area contributed by atoms with Crippen LogP contribution in [0.15, 0.2) is 54.7 Å². The van der Waals surface area contributed by atoms with E-state index in [0.717, 1.165) is 38.2 Å². The van der Waals surface area contributed by atoms with Gasteiger partial charge in [0.2, 0.25) is 16.0 Å². The van der Waals surface area contributed by atoms with Gasteiger partial charge in [-0.3, -0.25) is 4.79 Å². The van der Waals surface area contributed by atoms with Gasteiger partial charge in [0, 0.05) is 18.3 Å². The molecule has 0 bridgehead atoms. The van der Waals surface area contributed by atoms with Crippen molar-refractivity contribution in [2.24, 2.45) is 0 Å². The van der Waals surface area contributed by atoms with Gasteiger partial charge in [-0.1, -0.05) is 53.8 Å². The third kappa shape index (κ3) is 3.61. The predicted octanol–water partition coefficient (Wildman–Crippen LogP) is 4.15. The molecular formula is C21H21N5OS. The second-order valence-electron chi connectivity index (χ2n) is 6.76. The fourth-order valence-corrected chi connectivity index (χ4v) is 3.79. The Bertz CT molecular complexity index is 1100. The third-order valence-electron chi connectivity index (χ3n) is 4.69. The van der Waals surface area contributed by atoms with Crippen LogP contribution in [0.3, 0.4) is 0 Å². The Labute approximate surface area is 167 Å². The molecule has 0 unspecified atom stereocenters. The van der Waals surface area contributed by atoms with Gasteiger partial charge in [-0.25, -0.2) is 9.50 Å². The van der Waals surface area contributed by atoms with Gasteiger partial charge in [-0.2, -0.15) is 0 Å². The summed E-state index contributed by atoms with van der Waals surface area (Å²) in [7, 11) is 1.86. The van der Waals surface area contributed by atoms with E-state index in [1.807, 2.05) is 80.5 Å². The van der Waals surface area contributed by atoms with E-state index in [4.69, 9.17) is 0 Å². The molecule has 0 atom stereocenters. The number of aryl methyl sites for hydroxylation is 1. The molecule has 2 aromatic heterocycles. The maximum atomic E-state index is 12.5. The summed E-state index contributed by atoms with van der Waals surface area (Å²) in [6.45, 7) is 4.26. The van der Waals surface area contributed by atoms with Crippen LogP contribution < -0.4 is 10.2 Å². The normalized spacial score (nSPS) is 11.0. The third-order valence-corrected chi connectivity index (χ3v) is 5.72. The fourth-order valence-electron chi connectivity index (χ4n) is 2.95. The molecule has 28 heavy (non-hydrogen) atoms. The molecule has 0 aliphatic carbocycles. The van der Waals surface area contributed by atoms with Crippen molar-refractivity contribution in [2.75, 3.05) is 23.8 Å². The van der Waals surface area contributed by atoms with E-state index in [2.05, 4.69) is 15.4 Å². The predicted molar refractivity (Wildman–Crippen MR) is 114 cm³/mol. The van der Waals surface area contributed by atoms with Gasteiger partial charge >= 0.3 is 0 Å². The summed E-state index contributed by atoms with van der Waals surface area (Å²) in [5, 5.41) is 8.30. The molecule has 0 aliphatic rings. The molecule has 4 aromatic rings. The zero-order valence-electron chi connectivity index (χ0n) is 16.0. The van der Waals surface area contributed by atoms with Crippen molar-refractivity contribution in [1.82, 2.24) is 14.6 Å². The number of hydrogen-bond acceptors (Lipinski definition) is 5. The lowest BCUT2D eigenvalue weighted by Crippen LogP contribution is -2.30. The number of imidazole rings is 1. The highest BCUT2D eigenvalue weighted by Crippen LogP contribution is 2.26. The first-order valence-electron chi connectivity index (χ1n) is 9.00. The SMILES string of the molecule is Cc1cccc(NC(=O)CN(C)c2nn3cc(-c4ccccc4)nc3s2)c1C. The molecule has 0 spiro atoms. The van der Waals surface area contributed by atoms with Crippen LogP contribution in [0.5, 0.6) is 0 Å². The van der Waals surface area contributed by atoms with Crippen molar-refractivity contribution >= 4 is 33.0 Å². The quantitative estimate of drug-likeness (QED) is 0.555. The molecule has 1 N–H and O–H groups in total. The molecule has 2 aromatic carbocycles. The molecule has 1 amide bonds. The Morgan fingerprint density at radius 3 is 2.68 bits per heavy atom. The Kier molecular flexibility index (Phi) is 4.83. The topological polar surface area (TPSA) is 62.5 Å². The van der Waals surface area contributed by atoms with E-state index in [1.165, 1.54) is 11.3 Å². The van der Waals surface area contributed by atoms with Gasteiger partial charge in [0.1, 0.15) is 0 Å². The number of aromatic nitrogens is 3. The highest BCUT2D eigenvalue weighted by Gasteiger charge is 2.15. The molecule has 2 heterocycles. The number of carbonyl (C=O) groups excluding carboxylic acids is 1.